The van der Waals surface area contributed by atoms with Crippen LogP contribution >= 0.6 is 0 Å². The van der Waals surface area contributed by atoms with Crippen molar-refractivity contribution in [1.29, 1.82) is 0 Å². The van der Waals surface area contributed by atoms with Crippen molar-refractivity contribution in [3.8, 4) is 0 Å². The number of hydrogen-bond donors (Lipinski definition) is 1. The van der Waals surface area contributed by atoms with Gasteiger partial charge in [-0.1, -0.05) is 20.8 Å². The summed E-state index contributed by atoms with van der Waals surface area (Å²) < 4.78 is 1.92. The molecule has 18 heavy (non-hydrogen) atoms. The zero-order valence-corrected chi connectivity index (χ0v) is 12.3. The van der Waals surface area contributed by atoms with Crippen LogP contribution in [-0.2, 0) is 6.54 Å². The van der Waals surface area contributed by atoms with Gasteiger partial charge in [-0.05, 0) is 39.4 Å². The summed E-state index contributed by atoms with van der Waals surface area (Å²) in [6, 6.07) is 1.93. The van der Waals surface area contributed by atoms with Crippen LogP contribution in [0.5, 0.6) is 0 Å². The van der Waals surface area contributed by atoms with Gasteiger partial charge in [-0.15, -0.1) is 0 Å². The van der Waals surface area contributed by atoms with Gasteiger partial charge in [0.25, 0.3) is 0 Å². The smallest absolute Gasteiger partial charge is 0.114 e. The molecule has 1 N–H and O–H groups in total. The van der Waals surface area contributed by atoms with Crippen LogP contribution in [-0.4, -0.2) is 39.4 Å². The third-order valence-electron chi connectivity index (χ3n) is 4.09. The molecule has 4 nitrogen and oxygen atoms in total. The number of aliphatic hydroxyl groups excluding tert-OH is 1. The van der Waals surface area contributed by atoms with E-state index >= 15 is 0 Å². The van der Waals surface area contributed by atoms with Crippen molar-refractivity contribution in [2.24, 2.45) is 0 Å². The highest BCUT2D eigenvalue weighted by Crippen LogP contribution is 2.35. The van der Waals surface area contributed by atoms with Gasteiger partial charge in [0.2, 0.25) is 0 Å². The van der Waals surface area contributed by atoms with Crippen molar-refractivity contribution in [2.75, 3.05) is 14.1 Å². The Morgan fingerprint density at radius 1 is 1.33 bits per heavy atom. The second kappa shape index (κ2) is 6.34. The SMILES string of the molecule is CCCn1nccc1C(O)C(CC)(CC)N(C)C. The van der Waals surface area contributed by atoms with Gasteiger partial charge in [-0.25, -0.2) is 0 Å². The van der Waals surface area contributed by atoms with E-state index in [0.29, 0.717) is 0 Å². The van der Waals surface area contributed by atoms with E-state index in [1.54, 1.807) is 6.20 Å². The molecule has 0 aliphatic heterocycles. The van der Waals surface area contributed by atoms with E-state index < -0.39 is 6.10 Å². The Kier molecular flexibility index (Phi) is 5.35. The zero-order chi connectivity index (χ0) is 13.8. The van der Waals surface area contributed by atoms with Crippen molar-refractivity contribution in [1.82, 2.24) is 14.7 Å². The Morgan fingerprint density at radius 2 is 1.94 bits per heavy atom. The summed E-state index contributed by atoms with van der Waals surface area (Å²) in [6.45, 7) is 7.24. The summed E-state index contributed by atoms with van der Waals surface area (Å²) in [5, 5.41) is 15.1. The summed E-state index contributed by atoms with van der Waals surface area (Å²) in [5.41, 5.74) is 0.708. The first kappa shape index (κ1) is 15.2. The van der Waals surface area contributed by atoms with Crippen molar-refractivity contribution in [3.05, 3.63) is 18.0 Å². The maximum Gasteiger partial charge on any atom is 0.114 e. The van der Waals surface area contributed by atoms with Crippen LogP contribution in [0.4, 0.5) is 0 Å². The molecule has 1 unspecified atom stereocenters. The Balaban J connectivity index is 3.09. The molecule has 0 radical (unpaired) electrons. The average molecular weight is 253 g/mol. The van der Waals surface area contributed by atoms with Crippen LogP contribution in [0.15, 0.2) is 12.3 Å². The van der Waals surface area contributed by atoms with E-state index in [1.165, 1.54) is 0 Å². The fraction of sp³-hybridized carbons (Fsp3) is 0.786. The molecule has 0 aliphatic rings. The summed E-state index contributed by atoms with van der Waals surface area (Å²) in [4.78, 5) is 2.14. The lowest BCUT2D eigenvalue weighted by atomic mass is 9.83. The van der Waals surface area contributed by atoms with Crippen molar-refractivity contribution in [3.63, 3.8) is 0 Å². The number of likely N-dealkylation sites (N-methyl/N-ethyl adjacent to an activating group) is 1. The van der Waals surface area contributed by atoms with Gasteiger partial charge in [-0.2, -0.15) is 5.10 Å². The summed E-state index contributed by atoms with van der Waals surface area (Å²) in [6.07, 6.45) is 4.12. The van der Waals surface area contributed by atoms with Gasteiger partial charge in [0.15, 0.2) is 0 Å². The molecule has 0 saturated carbocycles. The van der Waals surface area contributed by atoms with E-state index in [0.717, 1.165) is 31.5 Å². The Bertz CT molecular complexity index is 356. The highest BCUT2D eigenvalue weighted by Gasteiger charge is 2.39. The first-order chi connectivity index (χ1) is 8.53. The molecule has 4 heteroatoms. The molecule has 0 aromatic carbocycles. The number of aryl methyl sites for hydroxylation is 1. The van der Waals surface area contributed by atoms with Crippen molar-refractivity contribution < 1.29 is 5.11 Å². The standard InChI is InChI=1S/C14H27N3O/c1-6-11-17-12(9-10-15-17)13(18)14(7-2,8-3)16(4)5/h9-10,13,18H,6-8,11H2,1-5H3. The number of nitrogens with zero attached hydrogens (tertiary/aromatic N) is 3. The molecule has 104 valence electrons. The van der Waals surface area contributed by atoms with Crippen LogP contribution in [0.1, 0.15) is 51.8 Å². The monoisotopic (exact) mass is 253 g/mol. The molecule has 0 spiro atoms. The Morgan fingerprint density at radius 3 is 2.39 bits per heavy atom. The van der Waals surface area contributed by atoms with Crippen LogP contribution in [0.25, 0.3) is 0 Å². The third kappa shape index (κ3) is 2.59. The molecule has 1 rings (SSSR count). The van der Waals surface area contributed by atoms with Gasteiger partial charge in [0.05, 0.1) is 11.2 Å². The minimum absolute atomic E-state index is 0.217. The van der Waals surface area contributed by atoms with Gasteiger partial charge in [-0.3, -0.25) is 4.68 Å². The van der Waals surface area contributed by atoms with E-state index in [-0.39, 0.29) is 5.54 Å². The maximum atomic E-state index is 10.8. The second-order valence-electron chi connectivity index (χ2n) is 5.09. The fourth-order valence-corrected chi connectivity index (χ4v) is 2.76. The topological polar surface area (TPSA) is 41.3 Å². The molecule has 0 bridgehead atoms. The van der Waals surface area contributed by atoms with E-state index in [4.69, 9.17) is 0 Å². The van der Waals surface area contributed by atoms with Gasteiger partial charge < -0.3 is 10.0 Å². The first-order valence-electron chi connectivity index (χ1n) is 6.90. The predicted octanol–water partition coefficient (Wildman–Crippen LogP) is 2.45. The van der Waals surface area contributed by atoms with E-state index in [2.05, 4.69) is 30.8 Å². The Hall–Kier alpha value is -0.870. The van der Waals surface area contributed by atoms with Gasteiger partial charge >= 0.3 is 0 Å². The van der Waals surface area contributed by atoms with E-state index in [1.807, 2.05) is 24.8 Å². The normalized spacial score (nSPS) is 14.2. The molecule has 1 aromatic rings. The Labute approximate surface area is 111 Å². The molecular formula is C14H27N3O. The minimum Gasteiger partial charge on any atom is -0.385 e. The highest BCUT2D eigenvalue weighted by molar-refractivity contribution is 5.12. The minimum atomic E-state index is -0.503. The zero-order valence-electron chi connectivity index (χ0n) is 12.3. The van der Waals surface area contributed by atoms with Crippen molar-refractivity contribution in [2.45, 2.75) is 58.2 Å². The lowest BCUT2D eigenvalue weighted by Crippen LogP contribution is -2.49. The lowest BCUT2D eigenvalue weighted by Gasteiger charge is -2.42. The molecule has 1 aromatic heterocycles. The highest BCUT2D eigenvalue weighted by atomic mass is 16.3. The fourth-order valence-electron chi connectivity index (χ4n) is 2.76. The number of hydrogen-bond acceptors (Lipinski definition) is 3. The van der Waals surface area contributed by atoms with E-state index in [9.17, 15) is 5.11 Å². The largest absolute Gasteiger partial charge is 0.385 e. The average Bonchev–Trinajstić information content (AvgIpc) is 2.79. The van der Waals surface area contributed by atoms with Crippen molar-refractivity contribution >= 4 is 0 Å². The maximum absolute atomic E-state index is 10.8. The molecule has 0 fully saturated rings. The third-order valence-corrected chi connectivity index (χ3v) is 4.09. The summed E-state index contributed by atoms with van der Waals surface area (Å²) >= 11 is 0. The van der Waals surface area contributed by atoms with Crippen LogP contribution in [0, 0.1) is 0 Å². The molecule has 0 aliphatic carbocycles. The van der Waals surface area contributed by atoms with Gasteiger partial charge in [0.1, 0.15) is 6.10 Å². The summed E-state index contributed by atoms with van der Waals surface area (Å²) in [7, 11) is 4.08. The number of rotatable bonds is 7. The predicted molar refractivity (Wildman–Crippen MR) is 74.5 cm³/mol. The van der Waals surface area contributed by atoms with Gasteiger partial charge in [0, 0.05) is 12.7 Å². The number of aromatic nitrogens is 2. The number of aliphatic hydroxyl groups is 1. The summed E-state index contributed by atoms with van der Waals surface area (Å²) in [5.74, 6) is 0. The molecule has 1 atom stereocenters. The lowest BCUT2D eigenvalue weighted by molar-refractivity contribution is -0.0199. The van der Waals surface area contributed by atoms with Crippen LogP contribution in [0.2, 0.25) is 0 Å². The quantitative estimate of drug-likeness (QED) is 0.811. The molecule has 0 saturated heterocycles. The second-order valence-corrected chi connectivity index (χ2v) is 5.09. The molecule has 1 heterocycles. The van der Waals surface area contributed by atoms with Crippen LogP contribution < -0.4 is 0 Å². The molecule has 0 amide bonds. The molecular weight excluding hydrogens is 226 g/mol. The van der Waals surface area contributed by atoms with Crippen LogP contribution in [0.3, 0.4) is 0 Å². The first-order valence-corrected chi connectivity index (χ1v) is 6.90.